The maximum absolute atomic E-state index is 11.8. The smallest absolute Gasteiger partial charge is 0.289 e. The quantitative estimate of drug-likeness (QED) is 0.745. The first-order valence-electron chi connectivity index (χ1n) is 4.99. The Kier molecular flexibility index (Phi) is 4.83. The van der Waals surface area contributed by atoms with E-state index in [0.29, 0.717) is 18.9 Å². The second-order valence-corrected chi connectivity index (χ2v) is 4.27. The summed E-state index contributed by atoms with van der Waals surface area (Å²) in [7, 11) is 3.26. The van der Waals surface area contributed by atoms with Crippen LogP contribution in [-0.2, 0) is 4.74 Å². The van der Waals surface area contributed by atoms with Gasteiger partial charge in [0, 0.05) is 20.7 Å². The van der Waals surface area contributed by atoms with Gasteiger partial charge < -0.3 is 14.1 Å². The highest BCUT2D eigenvalue weighted by Gasteiger charge is 2.17. The number of ether oxygens (including phenoxy) is 1. The number of furan rings is 1. The van der Waals surface area contributed by atoms with Crippen LogP contribution in [0.15, 0.2) is 16.5 Å². The first-order chi connectivity index (χ1) is 7.54. The second-order valence-electron chi connectivity index (χ2n) is 3.65. The predicted octanol–water partition coefficient (Wildman–Crippen LogP) is 1.91. The molecule has 1 aromatic heterocycles. The lowest BCUT2D eigenvalue weighted by Crippen LogP contribution is -2.33. The topological polar surface area (TPSA) is 42.7 Å². The summed E-state index contributed by atoms with van der Waals surface area (Å²) >= 11 is 5.96. The van der Waals surface area contributed by atoms with E-state index in [2.05, 4.69) is 0 Å². The number of methoxy groups -OCH3 is 1. The van der Waals surface area contributed by atoms with Gasteiger partial charge in [-0.1, -0.05) is 0 Å². The summed E-state index contributed by atoms with van der Waals surface area (Å²) in [6.07, 6.45) is 0. The number of aryl methyl sites for hydroxylation is 1. The van der Waals surface area contributed by atoms with E-state index in [0.717, 1.165) is 5.76 Å². The lowest BCUT2D eigenvalue weighted by molar-refractivity contribution is 0.0749. The van der Waals surface area contributed by atoms with Crippen molar-refractivity contribution in [2.75, 3.05) is 27.3 Å². The van der Waals surface area contributed by atoms with E-state index in [-0.39, 0.29) is 11.3 Å². The highest BCUT2D eigenvalue weighted by molar-refractivity contribution is 6.21. The summed E-state index contributed by atoms with van der Waals surface area (Å²) in [4.78, 5) is 13.4. The minimum Gasteiger partial charge on any atom is -0.456 e. The number of carbonyl (C=O) groups is 1. The van der Waals surface area contributed by atoms with Crippen LogP contribution >= 0.6 is 11.6 Å². The first kappa shape index (κ1) is 13.1. The summed E-state index contributed by atoms with van der Waals surface area (Å²) < 4.78 is 10.1. The molecule has 0 N–H and O–H groups in total. The summed E-state index contributed by atoms with van der Waals surface area (Å²) in [6, 6.07) is 3.42. The maximum Gasteiger partial charge on any atom is 0.289 e. The number of amides is 1. The molecular weight excluding hydrogens is 230 g/mol. The van der Waals surface area contributed by atoms with Gasteiger partial charge in [-0.05, 0) is 19.1 Å². The van der Waals surface area contributed by atoms with Crippen LogP contribution in [0.25, 0.3) is 0 Å². The second kappa shape index (κ2) is 5.92. The Morgan fingerprint density at radius 3 is 2.81 bits per heavy atom. The molecule has 0 aliphatic rings. The van der Waals surface area contributed by atoms with Gasteiger partial charge in [-0.2, -0.15) is 0 Å². The van der Waals surface area contributed by atoms with Gasteiger partial charge in [0.05, 0.1) is 12.0 Å². The van der Waals surface area contributed by atoms with Crippen molar-refractivity contribution < 1.29 is 13.9 Å². The lowest BCUT2D eigenvalue weighted by atomic mass is 10.3. The van der Waals surface area contributed by atoms with Gasteiger partial charge in [-0.25, -0.2) is 0 Å². The van der Waals surface area contributed by atoms with E-state index in [4.69, 9.17) is 20.8 Å². The molecule has 4 nitrogen and oxygen atoms in total. The van der Waals surface area contributed by atoms with E-state index >= 15 is 0 Å². The van der Waals surface area contributed by atoms with Gasteiger partial charge in [0.1, 0.15) is 5.76 Å². The Morgan fingerprint density at radius 1 is 1.62 bits per heavy atom. The molecular formula is C11H16ClNO3. The molecule has 0 spiro atoms. The number of hydrogen-bond donors (Lipinski definition) is 0. The molecule has 90 valence electrons. The normalized spacial score (nSPS) is 12.5. The fourth-order valence-electron chi connectivity index (χ4n) is 1.35. The Bertz CT molecular complexity index is 351. The van der Waals surface area contributed by atoms with Crippen molar-refractivity contribution in [3.63, 3.8) is 0 Å². The molecule has 0 bridgehead atoms. The molecule has 0 radical (unpaired) electrons. The van der Waals surface area contributed by atoms with E-state index in [9.17, 15) is 4.79 Å². The number of rotatable bonds is 5. The van der Waals surface area contributed by atoms with Gasteiger partial charge in [-0.3, -0.25) is 4.79 Å². The van der Waals surface area contributed by atoms with Gasteiger partial charge in [0.25, 0.3) is 5.91 Å². The van der Waals surface area contributed by atoms with Crippen molar-refractivity contribution in [1.29, 1.82) is 0 Å². The van der Waals surface area contributed by atoms with Gasteiger partial charge >= 0.3 is 0 Å². The monoisotopic (exact) mass is 245 g/mol. The molecule has 0 aliphatic carbocycles. The minimum absolute atomic E-state index is 0.171. The zero-order chi connectivity index (χ0) is 12.1. The van der Waals surface area contributed by atoms with Gasteiger partial charge in [-0.15, -0.1) is 11.6 Å². The molecule has 1 aromatic rings. The molecule has 1 atom stereocenters. The number of carbonyl (C=O) groups excluding carboxylic acids is 1. The standard InChI is InChI=1S/C11H16ClNO3/c1-8-4-5-10(16-8)11(14)13(2)6-9(12)7-15-3/h4-5,9H,6-7H2,1-3H3. The highest BCUT2D eigenvalue weighted by atomic mass is 35.5. The Labute approximate surface area is 100 Å². The molecule has 0 aliphatic heterocycles. The Morgan fingerprint density at radius 2 is 2.31 bits per heavy atom. The number of nitrogens with zero attached hydrogens (tertiary/aromatic N) is 1. The summed E-state index contributed by atoms with van der Waals surface area (Å²) in [5.41, 5.74) is 0. The molecule has 0 aromatic carbocycles. The number of halogens is 1. The van der Waals surface area contributed by atoms with Crippen molar-refractivity contribution in [3.05, 3.63) is 23.7 Å². The van der Waals surface area contributed by atoms with Crippen LogP contribution in [0.4, 0.5) is 0 Å². The van der Waals surface area contributed by atoms with Crippen LogP contribution in [0.5, 0.6) is 0 Å². The van der Waals surface area contributed by atoms with Gasteiger partial charge in [0.2, 0.25) is 0 Å². The van der Waals surface area contributed by atoms with Crippen molar-refractivity contribution in [1.82, 2.24) is 4.90 Å². The van der Waals surface area contributed by atoms with E-state index in [1.807, 2.05) is 0 Å². The Hall–Kier alpha value is -1.00. The summed E-state index contributed by atoms with van der Waals surface area (Å²) in [5.74, 6) is 0.882. The first-order valence-corrected chi connectivity index (χ1v) is 5.43. The zero-order valence-electron chi connectivity index (χ0n) is 9.70. The van der Waals surface area contributed by atoms with E-state index in [1.165, 1.54) is 4.90 Å². The summed E-state index contributed by atoms with van der Waals surface area (Å²) in [6.45, 7) is 2.64. The molecule has 0 saturated carbocycles. The molecule has 1 heterocycles. The van der Waals surface area contributed by atoms with Crippen molar-refractivity contribution in [3.8, 4) is 0 Å². The molecule has 0 fully saturated rings. The van der Waals surface area contributed by atoms with Crippen LogP contribution in [0, 0.1) is 6.92 Å². The SMILES string of the molecule is COCC(Cl)CN(C)C(=O)c1ccc(C)o1. The van der Waals surface area contributed by atoms with Crippen molar-refractivity contribution in [2.24, 2.45) is 0 Å². The summed E-state index contributed by atoms with van der Waals surface area (Å²) in [5, 5.41) is -0.213. The van der Waals surface area contributed by atoms with Crippen LogP contribution in [-0.4, -0.2) is 43.5 Å². The highest BCUT2D eigenvalue weighted by Crippen LogP contribution is 2.10. The van der Waals surface area contributed by atoms with Crippen LogP contribution < -0.4 is 0 Å². The Balaban J connectivity index is 2.54. The number of hydrogen-bond acceptors (Lipinski definition) is 3. The maximum atomic E-state index is 11.8. The van der Waals surface area contributed by atoms with Crippen LogP contribution in [0.3, 0.4) is 0 Å². The van der Waals surface area contributed by atoms with Crippen LogP contribution in [0.1, 0.15) is 16.3 Å². The van der Waals surface area contributed by atoms with E-state index in [1.54, 1.807) is 33.2 Å². The zero-order valence-corrected chi connectivity index (χ0v) is 10.5. The molecule has 1 rings (SSSR count). The van der Waals surface area contributed by atoms with Gasteiger partial charge in [0.15, 0.2) is 5.76 Å². The lowest BCUT2D eigenvalue weighted by Gasteiger charge is -2.18. The largest absolute Gasteiger partial charge is 0.456 e. The third kappa shape index (κ3) is 3.54. The van der Waals surface area contributed by atoms with Crippen molar-refractivity contribution in [2.45, 2.75) is 12.3 Å². The average Bonchev–Trinajstić information content (AvgIpc) is 2.64. The fraction of sp³-hybridized carbons (Fsp3) is 0.545. The third-order valence-electron chi connectivity index (χ3n) is 2.12. The van der Waals surface area contributed by atoms with Crippen molar-refractivity contribution >= 4 is 17.5 Å². The van der Waals surface area contributed by atoms with Crippen LogP contribution in [0.2, 0.25) is 0 Å². The number of alkyl halides is 1. The predicted molar refractivity (Wildman–Crippen MR) is 61.9 cm³/mol. The minimum atomic E-state index is -0.213. The molecule has 1 unspecified atom stereocenters. The fourth-order valence-corrected chi connectivity index (χ4v) is 1.68. The molecule has 1 amide bonds. The molecule has 5 heteroatoms. The molecule has 16 heavy (non-hydrogen) atoms. The molecule has 0 saturated heterocycles. The third-order valence-corrected chi connectivity index (χ3v) is 2.38. The average molecular weight is 246 g/mol. The van der Waals surface area contributed by atoms with E-state index < -0.39 is 0 Å².